The van der Waals surface area contributed by atoms with E-state index in [0.717, 1.165) is 5.56 Å². The Morgan fingerprint density at radius 3 is 2.53 bits per heavy atom. The molecule has 0 saturated heterocycles. The van der Waals surface area contributed by atoms with Gasteiger partial charge in [-0.2, -0.15) is 8.78 Å². The Morgan fingerprint density at radius 1 is 1.13 bits per heavy atom. The topological polar surface area (TPSA) is 79.8 Å². The van der Waals surface area contributed by atoms with E-state index in [2.05, 4.69) is 20.4 Å². The fraction of sp³-hybridized carbons (Fsp3) is 0.381. The lowest BCUT2D eigenvalue weighted by Gasteiger charge is -2.13. The summed E-state index contributed by atoms with van der Waals surface area (Å²) in [5.41, 5.74) is 1.45. The van der Waals surface area contributed by atoms with Gasteiger partial charge < -0.3 is 15.4 Å². The number of hydrogen-bond acceptors (Lipinski definition) is 4. The molecule has 0 spiro atoms. The lowest BCUT2D eigenvalue weighted by Crippen LogP contribution is -2.38. The summed E-state index contributed by atoms with van der Waals surface area (Å²) in [7, 11) is -3.34. The Labute approximate surface area is 176 Å². The molecular weight excluding hydrogens is 412 g/mol. The van der Waals surface area contributed by atoms with Gasteiger partial charge in [0, 0.05) is 18.7 Å². The molecule has 2 N–H and O–H groups in total. The summed E-state index contributed by atoms with van der Waals surface area (Å²) >= 11 is 0. The van der Waals surface area contributed by atoms with Crippen molar-refractivity contribution in [3.8, 4) is 5.75 Å². The number of rotatable bonds is 10. The molecule has 0 fully saturated rings. The molecule has 9 heteroatoms. The molecule has 0 aromatic heterocycles. The zero-order valence-corrected chi connectivity index (χ0v) is 17.9. The molecule has 0 heterocycles. The van der Waals surface area contributed by atoms with Gasteiger partial charge >= 0.3 is 6.61 Å². The maximum absolute atomic E-state index is 12.6. The first kappa shape index (κ1) is 23.6. The minimum Gasteiger partial charge on any atom is -0.434 e. The van der Waals surface area contributed by atoms with Crippen molar-refractivity contribution in [1.82, 2.24) is 10.6 Å². The van der Waals surface area contributed by atoms with E-state index in [-0.39, 0.29) is 18.0 Å². The molecule has 0 bridgehead atoms. The van der Waals surface area contributed by atoms with Crippen LogP contribution in [0.2, 0.25) is 0 Å². The molecule has 0 aliphatic rings. The minimum atomic E-state index is -3.34. The first-order chi connectivity index (χ1) is 14.3. The molecule has 6 nitrogen and oxygen atoms in total. The Morgan fingerprint density at radius 2 is 1.87 bits per heavy atom. The Bertz CT molecular complexity index is 936. The molecule has 0 aliphatic carbocycles. The molecule has 2 rings (SSSR count). The van der Waals surface area contributed by atoms with Crippen LogP contribution >= 0.6 is 0 Å². The fourth-order valence-corrected chi connectivity index (χ4v) is 4.10. The van der Waals surface area contributed by atoms with Crippen LogP contribution in [0.4, 0.5) is 8.78 Å². The van der Waals surface area contributed by atoms with Crippen LogP contribution in [0, 0.1) is 6.92 Å². The zero-order valence-electron chi connectivity index (χ0n) is 17.1. The average molecular weight is 440 g/mol. The second-order valence-corrected chi connectivity index (χ2v) is 8.71. The SMILES string of the molecule is CCNC(=NCc1cc(C)ccc1OC(F)F)NCCCS(=O)(=O)c1ccccc1. The molecule has 0 saturated carbocycles. The monoisotopic (exact) mass is 439 g/mol. The molecule has 0 atom stereocenters. The van der Waals surface area contributed by atoms with Crippen molar-refractivity contribution >= 4 is 15.8 Å². The highest BCUT2D eigenvalue weighted by Crippen LogP contribution is 2.22. The van der Waals surface area contributed by atoms with Crippen LogP contribution in [0.5, 0.6) is 5.75 Å². The molecule has 2 aromatic rings. The van der Waals surface area contributed by atoms with Crippen LogP contribution in [0.1, 0.15) is 24.5 Å². The molecule has 0 amide bonds. The highest BCUT2D eigenvalue weighted by molar-refractivity contribution is 7.91. The summed E-state index contributed by atoms with van der Waals surface area (Å²) in [5, 5.41) is 6.13. The number of guanidine groups is 1. The van der Waals surface area contributed by atoms with Crippen molar-refractivity contribution in [2.45, 2.75) is 38.3 Å². The van der Waals surface area contributed by atoms with Crippen LogP contribution < -0.4 is 15.4 Å². The van der Waals surface area contributed by atoms with Gasteiger partial charge in [-0.1, -0.05) is 35.9 Å². The van der Waals surface area contributed by atoms with Gasteiger partial charge in [-0.05, 0) is 38.5 Å². The van der Waals surface area contributed by atoms with Crippen molar-refractivity contribution in [3.05, 3.63) is 59.7 Å². The van der Waals surface area contributed by atoms with E-state index in [1.807, 2.05) is 13.8 Å². The van der Waals surface area contributed by atoms with Crippen molar-refractivity contribution < 1.29 is 21.9 Å². The minimum absolute atomic E-state index is 0.00761. The summed E-state index contributed by atoms with van der Waals surface area (Å²) in [4.78, 5) is 4.71. The summed E-state index contributed by atoms with van der Waals surface area (Å²) in [5.74, 6) is 0.566. The maximum atomic E-state index is 12.6. The number of aryl methyl sites for hydroxylation is 1. The smallest absolute Gasteiger partial charge is 0.387 e. The van der Waals surface area contributed by atoms with E-state index < -0.39 is 16.4 Å². The van der Waals surface area contributed by atoms with Gasteiger partial charge in [0.05, 0.1) is 17.2 Å². The second kappa shape index (κ2) is 11.5. The summed E-state index contributed by atoms with van der Waals surface area (Å²) in [6.45, 7) is 1.98. The fourth-order valence-electron chi connectivity index (χ4n) is 2.76. The van der Waals surface area contributed by atoms with Crippen LogP contribution in [0.3, 0.4) is 0 Å². The molecule has 2 aromatic carbocycles. The van der Waals surface area contributed by atoms with Gasteiger partial charge in [0.1, 0.15) is 5.75 Å². The quantitative estimate of drug-likeness (QED) is 0.336. The number of aliphatic imine (C=N–C) groups is 1. The van der Waals surface area contributed by atoms with Crippen molar-refractivity contribution in [2.75, 3.05) is 18.8 Å². The average Bonchev–Trinajstić information content (AvgIpc) is 2.71. The van der Waals surface area contributed by atoms with Gasteiger partial charge in [-0.3, -0.25) is 0 Å². The highest BCUT2D eigenvalue weighted by Gasteiger charge is 2.13. The third-order valence-corrected chi connectivity index (χ3v) is 5.98. The molecule has 0 aliphatic heterocycles. The second-order valence-electron chi connectivity index (χ2n) is 6.60. The number of halogens is 2. The lowest BCUT2D eigenvalue weighted by molar-refractivity contribution is -0.0504. The van der Waals surface area contributed by atoms with Crippen LogP contribution in [0.25, 0.3) is 0 Å². The zero-order chi connectivity index (χ0) is 22.0. The maximum Gasteiger partial charge on any atom is 0.387 e. The summed E-state index contributed by atoms with van der Waals surface area (Å²) in [6, 6.07) is 13.3. The highest BCUT2D eigenvalue weighted by atomic mass is 32.2. The number of nitrogens with one attached hydrogen (secondary N) is 2. The largest absolute Gasteiger partial charge is 0.434 e. The number of alkyl halides is 2. The van der Waals surface area contributed by atoms with Gasteiger partial charge in [-0.25, -0.2) is 13.4 Å². The first-order valence-corrected chi connectivity index (χ1v) is 11.3. The van der Waals surface area contributed by atoms with E-state index in [4.69, 9.17) is 0 Å². The van der Waals surface area contributed by atoms with E-state index in [1.165, 1.54) is 6.07 Å². The van der Waals surface area contributed by atoms with Crippen LogP contribution in [-0.4, -0.2) is 39.8 Å². The van der Waals surface area contributed by atoms with Gasteiger partial charge in [0.25, 0.3) is 0 Å². The van der Waals surface area contributed by atoms with E-state index >= 15 is 0 Å². The van der Waals surface area contributed by atoms with E-state index in [0.29, 0.717) is 35.9 Å². The number of sulfone groups is 1. The Hall–Kier alpha value is -2.68. The lowest BCUT2D eigenvalue weighted by atomic mass is 10.1. The van der Waals surface area contributed by atoms with Gasteiger partial charge in [-0.15, -0.1) is 0 Å². The predicted octanol–water partition coefficient (Wildman–Crippen LogP) is 3.52. The third kappa shape index (κ3) is 7.62. The van der Waals surface area contributed by atoms with Crippen molar-refractivity contribution in [3.63, 3.8) is 0 Å². The summed E-state index contributed by atoms with van der Waals surface area (Å²) < 4.78 is 54.4. The first-order valence-electron chi connectivity index (χ1n) is 9.66. The molecular formula is C21H27F2N3O3S. The predicted molar refractivity (Wildman–Crippen MR) is 114 cm³/mol. The van der Waals surface area contributed by atoms with Gasteiger partial charge in [0.15, 0.2) is 15.8 Å². The number of benzene rings is 2. The van der Waals surface area contributed by atoms with Crippen LogP contribution in [0.15, 0.2) is 58.4 Å². The molecule has 164 valence electrons. The molecule has 0 radical (unpaired) electrons. The summed E-state index contributed by atoms with van der Waals surface area (Å²) in [6.07, 6.45) is 0.395. The number of ether oxygens (including phenoxy) is 1. The third-order valence-electron chi connectivity index (χ3n) is 4.17. The molecule has 30 heavy (non-hydrogen) atoms. The number of nitrogens with zero attached hydrogens (tertiary/aromatic N) is 1. The standard InChI is InChI=1S/C21H27F2N3O3S/c1-3-24-21(25-12-7-13-30(27,28)18-8-5-4-6-9-18)26-15-17-14-16(2)10-11-19(17)29-20(22)23/h4-6,8-11,14,20H,3,7,12-13,15H2,1-2H3,(H2,24,25,26). The van der Waals surface area contributed by atoms with Crippen molar-refractivity contribution in [2.24, 2.45) is 4.99 Å². The Balaban J connectivity index is 1.96. The van der Waals surface area contributed by atoms with Crippen LogP contribution in [-0.2, 0) is 16.4 Å². The number of hydrogen-bond donors (Lipinski definition) is 2. The molecule has 0 unspecified atom stereocenters. The van der Waals surface area contributed by atoms with E-state index in [9.17, 15) is 17.2 Å². The van der Waals surface area contributed by atoms with Crippen molar-refractivity contribution in [1.29, 1.82) is 0 Å². The normalized spacial score (nSPS) is 12.1. The Kier molecular flexibility index (Phi) is 9.04. The van der Waals surface area contributed by atoms with E-state index in [1.54, 1.807) is 42.5 Å². The van der Waals surface area contributed by atoms with Gasteiger partial charge in [0.2, 0.25) is 0 Å².